The molecule has 2 aromatic rings. The highest BCUT2D eigenvalue weighted by Gasteiger charge is 2.03. The normalized spacial score (nSPS) is 11.0. The van der Waals surface area contributed by atoms with Crippen molar-refractivity contribution in [3.63, 3.8) is 0 Å². The van der Waals surface area contributed by atoms with Crippen molar-refractivity contribution in [3.05, 3.63) is 39.8 Å². The summed E-state index contributed by atoms with van der Waals surface area (Å²) in [6, 6.07) is 8.02. The molecular weight excluding hydrogens is 274 g/mol. The van der Waals surface area contributed by atoms with Gasteiger partial charge in [-0.3, -0.25) is 0 Å². The minimum atomic E-state index is 0.789. The van der Waals surface area contributed by atoms with Gasteiger partial charge in [-0.2, -0.15) is 5.10 Å². The van der Waals surface area contributed by atoms with Crippen molar-refractivity contribution in [3.8, 4) is 10.6 Å². The molecule has 0 saturated carbocycles. The summed E-state index contributed by atoms with van der Waals surface area (Å²) >= 11 is 5.00. The van der Waals surface area contributed by atoms with Crippen LogP contribution in [-0.2, 0) is 0 Å². The van der Waals surface area contributed by atoms with Crippen LogP contribution < -0.4 is 5.84 Å². The van der Waals surface area contributed by atoms with Gasteiger partial charge in [0.15, 0.2) is 0 Å². The van der Waals surface area contributed by atoms with Crippen LogP contribution in [0, 0.1) is 0 Å². The second-order valence-electron chi connectivity index (χ2n) is 2.87. The minimum Gasteiger partial charge on any atom is -0.323 e. The molecule has 0 amide bonds. The van der Waals surface area contributed by atoms with Crippen molar-refractivity contribution in [1.29, 1.82) is 0 Å². The van der Waals surface area contributed by atoms with E-state index in [0.29, 0.717) is 0 Å². The smallest absolute Gasteiger partial charge is 0.124 e. The first kappa shape index (κ1) is 10.3. The molecule has 1 aromatic heterocycles. The van der Waals surface area contributed by atoms with Crippen LogP contribution >= 0.6 is 27.3 Å². The van der Waals surface area contributed by atoms with Crippen LogP contribution in [0.15, 0.2) is 39.2 Å². The summed E-state index contributed by atoms with van der Waals surface area (Å²) < 4.78 is 1.05. The molecule has 0 aliphatic heterocycles. The van der Waals surface area contributed by atoms with Gasteiger partial charge < -0.3 is 5.84 Å². The third kappa shape index (κ3) is 2.43. The van der Waals surface area contributed by atoms with E-state index in [-0.39, 0.29) is 0 Å². The van der Waals surface area contributed by atoms with E-state index in [1.165, 1.54) is 6.21 Å². The average Bonchev–Trinajstić information content (AvgIpc) is 2.67. The van der Waals surface area contributed by atoms with Crippen molar-refractivity contribution in [2.24, 2.45) is 10.9 Å². The number of aromatic nitrogens is 1. The molecule has 5 heteroatoms. The molecule has 0 bridgehead atoms. The van der Waals surface area contributed by atoms with Gasteiger partial charge in [0, 0.05) is 15.4 Å². The highest BCUT2D eigenvalue weighted by atomic mass is 79.9. The van der Waals surface area contributed by atoms with Gasteiger partial charge in [0.25, 0.3) is 0 Å². The van der Waals surface area contributed by atoms with E-state index in [4.69, 9.17) is 5.84 Å². The Labute approximate surface area is 99.8 Å². The van der Waals surface area contributed by atoms with Crippen molar-refractivity contribution in [1.82, 2.24) is 4.98 Å². The van der Waals surface area contributed by atoms with Gasteiger partial charge in [0.1, 0.15) is 5.01 Å². The summed E-state index contributed by atoms with van der Waals surface area (Å²) in [5.41, 5.74) is 1.88. The Hall–Kier alpha value is -1.20. The third-order valence-corrected chi connectivity index (χ3v) is 3.20. The second kappa shape index (κ2) is 4.55. The minimum absolute atomic E-state index is 0.789. The number of hydrogen-bond donors (Lipinski definition) is 1. The number of halogens is 1. The van der Waals surface area contributed by atoms with Gasteiger partial charge >= 0.3 is 0 Å². The Morgan fingerprint density at radius 3 is 3.07 bits per heavy atom. The van der Waals surface area contributed by atoms with E-state index in [1.54, 1.807) is 11.3 Å². The molecule has 2 rings (SSSR count). The number of nitrogens with zero attached hydrogens (tertiary/aromatic N) is 2. The first-order valence-corrected chi connectivity index (χ1v) is 5.91. The summed E-state index contributed by atoms with van der Waals surface area (Å²) in [5.74, 6) is 5.06. The highest BCUT2D eigenvalue weighted by molar-refractivity contribution is 9.10. The largest absolute Gasteiger partial charge is 0.323 e. The monoisotopic (exact) mass is 281 g/mol. The lowest BCUT2D eigenvalue weighted by Gasteiger charge is -1.95. The maximum absolute atomic E-state index is 5.06. The molecule has 0 radical (unpaired) electrons. The number of benzene rings is 1. The number of rotatable bonds is 2. The molecule has 0 atom stereocenters. The predicted octanol–water partition coefficient (Wildman–Crippen LogP) is 2.87. The summed E-state index contributed by atoms with van der Waals surface area (Å²) in [4.78, 5) is 4.38. The zero-order valence-corrected chi connectivity index (χ0v) is 10.1. The third-order valence-electron chi connectivity index (χ3n) is 1.80. The van der Waals surface area contributed by atoms with E-state index in [1.807, 2.05) is 29.6 Å². The average molecular weight is 282 g/mol. The molecule has 15 heavy (non-hydrogen) atoms. The van der Waals surface area contributed by atoms with E-state index in [0.717, 1.165) is 20.7 Å². The molecule has 0 aliphatic carbocycles. The van der Waals surface area contributed by atoms with Crippen LogP contribution in [0.4, 0.5) is 0 Å². The van der Waals surface area contributed by atoms with Crippen LogP contribution in [0.3, 0.4) is 0 Å². The number of hydrogen-bond acceptors (Lipinski definition) is 4. The molecule has 1 heterocycles. The fourth-order valence-electron chi connectivity index (χ4n) is 1.18. The van der Waals surface area contributed by atoms with Crippen molar-refractivity contribution in [2.45, 2.75) is 0 Å². The van der Waals surface area contributed by atoms with Gasteiger partial charge in [-0.15, -0.1) is 11.3 Å². The lowest BCUT2D eigenvalue weighted by molar-refractivity contribution is 1.25. The first-order valence-electron chi connectivity index (χ1n) is 4.24. The standard InChI is InChI=1S/C10H8BrN3S/c11-8-3-1-2-7(4-8)10-14-9(5-13-12)6-15-10/h1-6H,12H2/b13-5-. The van der Waals surface area contributed by atoms with Gasteiger partial charge in [-0.05, 0) is 12.1 Å². The van der Waals surface area contributed by atoms with Crippen molar-refractivity contribution >= 4 is 33.5 Å². The van der Waals surface area contributed by atoms with E-state index in [2.05, 4.69) is 26.0 Å². The van der Waals surface area contributed by atoms with Crippen molar-refractivity contribution < 1.29 is 0 Å². The number of hydrazone groups is 1. The molecular formula is C10H8BrN3S. The second-order valence-corrected chi connectivity index (χ2v) is 4.64. The molecule has 0 aliphatic rings. The maximum Gasteiger partial charge on any atom is 0.124 e. The van der Waals surface area contributed by atoms with Gasteiger partial charge in [-0.25, -0.2) is 4.98 Å². The molecule has 0 unspecified atom stereocenters. The summed E-state index contributed by atoms with van der Waals surface area (Å²) in [5, 5.41) is 6.33. The van der Waals surface area contributed by atoms with Crippen LogP contribution in [0.25, 0.3) is 10.6 Å². The zero-order valence-electron chi connectivity index (χ0n) is 7.72. The summed E-state index contributed by atoms with van der Waals surface area (Å²) in [6.45, 7) is 0. The molecule has 0 fully saturated rings. The Morgan fingerprint density at radius 2 is 2.33 bits per heavy atom. The van der Waals surface area contributed by atoms with Gasteiger partial charge in [0.05, 0.1) is 11.9 Å². The first-order chi connectivity index (χ1) is 7.29. The Bertz CT molecular complexity index is 493. The van der Waals surface area contributed by atoms with Crippen LogP contribution in [-0.4, -0.2) is 11.2 Å². The molecule has 1 aromatic carbocycles. The summed E-state index contributed by atoms with van der Waals surface area (Å²) in [7, 11) is 0. The summed E-state index contributed by atoms with van der Waals surface area (Å²) in [6.07, 6.45) is 1.54. The van der Waals surface area contributed by atoms with Crippen LogP contribution in [0.2, 0.25) is 0 Å². The van der Waals surface area contributed by atoms with Crippen molar-refractivity contribution in [2.75, 3.05) is 0 Å². The molecule has 76 valence electrons. The number of thiazole rings is 1. The maximum atomic E-state index is 5.06. The van der Waals surface area contributed by atoms with E-state index >= 15 is 0 Å². The SMILES string of the molecule is N/N=C\c1csc(-c2cccc(Br)c2)n1. The van der Waals surface area contributed by atoms with Crippen LogP contribution in [0.5, 0.6) is 0 Å². The van der Waals surface area contributed by atoms with E-state index in [9.17, 15) is 0 Å². The lowest BCUT2D eigenvalue weighted by Crippen LogP contribution is -1.86. The molecule has 0 saturated heterocycles. The van der Waals surface area contributed by atoms with Crippen LogP contribution in [0.1, 0.15) is 5.69 Å². The Balaban J connectivity index is 2.37. The fourth-order valence-corrected chi connectivity index (χ4v) is 2.34. The highest BCUT2D eigenvalue weighted by Crippen LogP contribution is 2.25. The number of nitrogens with two attached hydrogens (primary N) is 1. The molecule has 3 nitrogen and oxygen atoms in total. The molecule has 0 spiro atoms. The quantitative estimate of drug-likeness (QED) is 0.523. The Kier molecular flexibility index (Phi) is 3.13. The zero-order chi connectivity index (χ0) is 10.7. The van der Waals surface area contributed by atoms with Gasteiger partial charge in [0.2, 0.25) is 0 Å². The predicted molar refractivity (Wildman–Crippen MR) is 67.0 cm³/mol. The van der Waals surface area contributed by atoms with E-state index < -0.39 is 0 Å². The fraction of sp³-hybridized carbons (Fsp3) is 0. The van der Waals surface area contributed by atoms with Gasteiger partial charge in [-0.1, -0.05) is 28.1 Å². The topological polar surface area (TPSA) is 51.3 Å². The lowest BCUT2D eigenvalue weighted by atomic mass is 10.2. The Morgan fingerprint density at radius 1 is 1.47 bits per heavy atom. The molecule has 2 N–H and O–H groups in total.